The number of carbonyl (C=O) groups excluding carboxylic acids is 1. The first-order chi connectivity index (χ1) is 16.2. The molecular formula is C27H28Cl3N3O. The molecule has 2 aromatic carbocycles. The van der Waals surface area contributed by atoms with E-state index < -0.39 is 0 Å². The summed E-state index contributed by atoms with van der Waals surface area (Å²) in [5.41, 5.74) is 4.64. The predicted molar refractivity (Wildman–Crippen MR) is 142 cm³/mol. The zero-order chi connectivity index (χ0) is 24.4. The van der Waals surface area contributed by atoms with Gasteiger partial charge in [0.05, 0.1) is 16.4 Å². The molecule has 1 aliphatic rings. The van der Waals surface area contributed by atoms with E-state index >= 15 is 0 Å². The van der Waals surface area contributed by atoms with E-state index in [0.29, 0.717) is 32.4 Å². The van der Waals surface area contributed by atoms with Crippen LogP contribution in [-0.4, -0.2) is 21.7 Å². The van der Waals surface area contributed by atoms with Gasteiger partial charge in [-0.05, 0) is 80.2 Å². The van der Waals surface area contributed by atoms with Gasteiger partial charge >= 0.3 is 0 Å². The van der Waals surface area contributed by atoms with Gasteiger partial charge in [-0.1, -0.05) is 66.7 Å². The molecule has 34 heavy (non-hydrogen) atoms. The van der Waals surface area contributed by atoms with Crippen LogP contribution in [0.2, 0.25) is 15.1 Å². The van der Waals surface area contributed by atoms with E-state index in [1.54, 1.807) is 16.8 Å². The van der Waals surface area contributed by atoms with E-state index in [4.69, 9.17) is 39.9 Å². The highest BCUT2D eigenvalue weighted by Gasteiger charge is 2.27. The number of carbonyl (C=O) groups is 1. The molecule has 0 aliphatic heterocycles. The fraction of sp³-hybridized carbons (Fsp3) is 0.333. The molecule has 1 aliphatic carbocycles. The van der Waals surface area contributed by atoms with Crippen LogP contribution in [0.4, 0.5) is 0 Å². The Balaban J connectivity index is 1.79. The maximum Gasteiger partial charge on any atom is 0.272 e. The van der Waals surface area contributed by atoms with E-state index in [0.717, 1.165) is 41.7 Å². The van der Waals surface area contributed by atoms with Crippen molar-refractivity contribution in [1.29, 1.82) is 0 Å². The summed E-state index contributed by atoms with van der Waals surface area (Å²) in [6, 6.07) is 13.0. The number of halogens is 3. The molecule has 1 N–H and O–H groups in total. The molecule has 0 saturated heterocycles. The van der Waals surface area contributed by atoms with Crippen LogP contribution in [0.1, 0.15) is 66.8 Å². The van der Waals surface area contributed by atoms with E-state index in [1.165, 1.54) is 6.42 Å². The molecule has 4 rings (SSSR count). The molecular weight excluding hydrogens is 489 g/mol. The lowest BCUT2D eigenvalue weighted by atomic mass is 9.86. The molecule has 3 aromatic rings. The van der Waals surface area contributed by atoms with E-state index in [-0.39, 0.29) is 11.9 Å². The Kier molecular flexibility index (Phi) is 7.71. The fourth-order valence-corrected chi connectivity index (χ4v) is 5.26. The van der Waals surface area contributed by atoms with Crippen molar-refractivity contribution in [3.05, 3.63) is 80.0 Å². The van der Waals surface area contributed by atoms with Crippen LogP contribution in [0, 0.1) is 12.8 Å². The predicted octanol–water partition coefficient (Wildman–Crippen LogP) is 8.01. The van der Waals surface area contributed by atoms with Crippen molar-refractivity contribution in [2.75, 3.05) is 0 Å². The molecule has 2 unspecified atom stereocenters. The number of benzene rings is 2. The van der Waals surface area contributed by atoms with Crippen LogP contribution in [0.25, 0.3) is 17.3 Å². The van der Waals surface area contributed by atoms with Crippen molar-refractivity contribution < 1.29 is 4.79 Å². The van der Waals surface area contributed by atoms with Crippen molar-refractivity contribution >= 4 is 52.4 Å². The van der Waals surface area contributed by atoms with Crippen molar-refractivity contribution in [3.63, 3.8) is 0 Å². The largest absolute Gasteiger partial charge is 0.348 e. The van der Waals surface area contributed by atoms with Crippen LogP contribution in [0.3, 0.4) is 0 Å². The van der Waals surface area contributed by atoms with Gasteiger partial charge in [-0.2, -0.15) is 5.10 Å². The number of hydrogen-bond donors (Lipinski definition) is 1. The number of allylic oxidation sites excluding steroid dienone is 1. The highest BCUT2D eigenvalue weighted by Crippen LogP contribution is 2.32. The van der Waals surface area contributed by atoms with Crippen molar-refractivity contribution in [2.45, 2.75) is 52.5 Å². The van der Waals surface area contributed by atoms with Crippen molar-refractivity contribution in [3.8, 4) is 5.69 Å². The molecule has 0 spiro atoms. The SMILES string of the molecule is C/C(=C\c1ccc(Cl)cc1)c1c(C)c(C(=O)NC2CCCCC2C)nn1-c1ccc(Cl)cc1Cl. The van der Waals surface area contributed by atoms with Gasteiger partial charge in [-0.15, -0.1) is 0 Å². The molecule has 0 bridgehead atoms. The molecule has 4 nitrogen and oxygen atoms in total. The Morgan fingerprint density at radius 3 is 2.41 bits per heavy atom. The van der Waals surface area contributed by atoms with E-state index in [1.807, 2.05) is 50.3 Å². The van der Waals surface area contributed by atoms with Gasteiger partial charge in [0.25, 0.3) is 5.91 Å². The Labute approximate surface area is 215 Å². The van der Waals surface area contributed by atoms with Gasteiger partial charge in [0.1, 0.15) is 0 Å². The quantitative estimate of drug-likeness (QED) is 0.373. The second-order valence-corrected chi connectivity index (χ2v) is 10.3. The average molecular weight is 517 g/mol. The molecule has 1 heterocycles. The zero-order valence-electron chi connectivity index (χ0n) is 19.5. The van der Waals surface area contributed by atoms with Crippen molar-refractivity contribution in [1.82, 2.24) is 15.1 Å². The first-order valence-electron chi connectivity index (χ1n) is 11.5. The highest BCUT2D eigenvalue weighted by molar-refractivity contribution is 6.35. The van der Waals surface area contributed by atoms with Gasteiger partial charge in [-0.25, -0.2) is 4.68 Å². The van der Waals surface area contributed by atoms with Crippen LogP contribution in [-0.2, 0) is 0 Å². The summed E-state index contributed by atoms with van der Waals surface area (Å²) in [7, 11) is 0. The number of amides is 1. The molecule has 1 saturated carbocycles. The minimum Gasteiger partial charge on any atom is -0.348 e. The summed E-state index contributed by atoms with van der Waals surface area (Å²) in [4.78, 5) is 13.4. The lowest BCUT2D eigenvalue weighted by Gasteiger charge is -2.29. The minimum absolute atomic E-state index is 0.152. The number of nitrogens with one attached hydrogen (secondary N) is 1. The maximum absolute atomic E-state index is 13.4. The summed E-state index contributed by atoms with van der Waals surface area (Å²) >= 11 is 18.7. The van der Waals surface area contributed by atoms with Gasteiger partial charge < -0.3 is 5.32 Å². The van der Waals surface area contributed by atoms with Gasteiger partial charge in [0.15, 0.2) is 5.69 Å². The van der Waals surface area contributed by atoms with Crippen LogP contribution < -0.4 is 5.32 Å². The Hall–Kier alpha value is -2.27. The fourth-order valence-electron chi connectivity index (χ4n) is 4.65. The second kappa shape index (κ2) is 10.6. The Morgan fingerprint density at radius 2 is 1.74 bits per heavy atom. The average Bonchev–Trinajstić information content (AvgIpc) is 3.14. The zero-order valence-corrected chi connectivity index (χ0v) is 21.8. The highest BCUT2D eigenvalue weighted by atomic mass is 35.5. The number of rotatable bonds is 5. The normalized spacial score (nSPS) is 18.7. The summed E-state index contributed by atoms with van der Waals surface area (Å²) in [6.45, 7) is 6.14. The van der Waals surface area contributed by atoms with E-state index in [2.05, 4.69) is 12.2 Å². The smallest absolute Gasteiger partial charge is 0.272 e. The second-order valence-electron chi connectivity index (χ2n) is 9.05. The van der Waals surface area contributed by atoms with Crippen LogP contribution in [0.15, 0.2) is 42.5 Å². The number of hydrogen-bond acceptors (Lipinski definition) is 2. The van der Waals surface area contributed by atoms with E-state index in [9.17, 15) is 4.79 Å². The molecule has 0 radical (unpaired) electrons. The molecule has 7 heteroatoms. The number of aromatic nitrogens is 2. The lowest BCUT2D eigenvalue weighted by Crippen LogP contribution is -2.41. The minimum atomic E-state index is -0.152. The number of nitrogens with zero attached hydrogens (tertiary/aromatic N) is 2. The van der Waals surface area contributed by atoms with Crippen LogP contribution >= 0.6 is 34.8 Å². The first-order valence-corrected chi connectivity index (χ1v) is 12.7. The Bertz CT molecular complexity index is 1230. The molecule has 178 valence electrons. The lowest BCUT2D eigenvalue weighted by molar-refractivity contribution is 0.0904. The molecule has 1 amide bonds. The standard InChI is InChI=1S/C27H28Cl3N3O/c1-16-6-4-5-7-23(16)31-27(34)25-18(3)26(17(2)14-19-8-10-20(28)11-9-19)33(32-25)24-13-12-21(29)15-22(24)30/h8-16,23H,4-7H2,1-3H3,(H,31,34)/b17-14+. The summed E-state index contributed by atoms with van der Waals surface area (Å²) in [6.07, 6.45) is 6.53. The topological polar surface area (TPSA) is 46.9 Å². The molecule has 1 aromatic heterocycles. The third kappa shape index (κ3) is 5.35. The van der Waals surface area contributed by atoms with Crippen molar-refractivity contribution in [2.24, 2.45) is 5.92 Å². The molecule has 1 fully saturated rings. The monoisotopic (exact) mass is 515 g/mol. The summed E-state index contributed by atoms with van der Waals surface area (Å²) < 4.78 is 1.74. The first kappa shape index (κ1) is 24.8. The Morgan fingerprint density at radius 1 is 1.06 bits per heavy atom. The van der Waals surface area contributed by atoms with Crippen LogP contribution in [0.5, 0.6) is 0 Å². The maximum atomic E-state index is 13.4. The third-order valence-electron chi connectivity index (χ3n) is 6.53. The third-order valence-corrected chi connectivity index (χ3v) is 7.32. The van der Waals surface area contributed by atoms with Gasteiger partial charge in [0, 0.05) is 21.7 Å². The molecule has 2 atom stereocenters. The van der Waals surface area contributed by atoms with Gasteiger partial charge in [0.2, 0.25) is 0 Å². The summed E-state index contributed by atoms with van der Waals surface area (Å²) in [5.74, 6) is 0.303. The summed E-state index contributed by atoms with van der Waals surface area (Å²) in [5, 5.41) is 9.67. The van der Waals surface area contributed by atoms with Gasteiger partial charge in [-0.3, -0.25) is 4.79 Å².